The van der Waals surface area contributed by atoms with Crippen molar-refractivity contribution in [2.24, 2.45) is 0 Å². The van der Waals surface area contributed by atoms with E-state index in [1.807, 2.05) is 48.5 Å². The maximum atomic E-state index is 14.3. The van der Waals surface area contributed by atoms with Crippen molar-refractivity contribution in [3.05, 3.63) is 130 Å². The van der Waals surface area contributed by atoms with Crippen LogP contribution in [0.25, 0.3) is 11.1 Å². The molecular weight excluding hydrogens is 523 g/mol. The summed E-state index contributed by atoms with van der Waals surface area (Å²) in [7, 11) is -2.28. The molecule has 0 radical (unpaired) electrons. The first-order valence-electron chi connectivity index (χ1n) is 12.0. The Morgan fingerprint density at radius 2 is 1.61 bits per heavy atom. The van der Waals surface area contributed by atoms with Crippen LogP contribution in [0.15, 0.2) is 95.9 Å². The first-order valence-corrected chi connectivity index (χ1v) is 14.1. The Labute approximate surface area is 225 Å². The minimum atomic E-state index is -3.87. The van der Waals surface area contributed by atoms with Crippen molar-refractivity contribution in [2.45, 2.75) is 16.7 Å². The average molecular weight is 545 g/mol. The van der Waals surface area contributed by atoms with Crippen LogP contribution in [0.1, 0.15) is 39.0 Å². The monoisotopic (exact) mass is 544 g/mol. The van der Waals surface area contributed by atoms with Crippen LogP contribution in [0.3, 0.4) is 0 Å². The molecule has 190 valence electrons. The van der Waals surface area contributed by atoms with Crippen molar-refractivity contribution in [3.8, 4) is 5.75 Å². The van der Waals surface area contributed by atoms with Gasteiger partial charge in [-0.3, -0.25) is 4.79 Å². The van der Waals surface area contributed by atoms with Crippen LogP contribution in [0, 0.1) is 5.82 Å². The first-order chi connectivity index (χ1) is 18.2. The summed E-state index contributed by atoms with van der Waals surface area (Å²) in [4.78, 5) is 13.7. The molecule has 0 aromatic heterocycles. The van der Waals surface area contributed by atoms with E-state index in [0.717, 1.165) is 27.8 Å². The molecule has 0 heterocycles. The summed E-state index contributed by atoms with van der Waals surface area (Å²) < 4.78 is 47.5. The molecule has 2 aliphatic rings. The molecule has 0 fully saturated rings. The summed E-state index contributed by atoms with van der Waals surface area (Å²) in [5, 5.41) is 0.430. The molecule has 4 aromatic carbocycles. The van der Waals surface area contributed by atoms with Gasteiger partial charge in [0.25, 0.3) is 0 Å². The standard InChI is InChI=1S/C31H22ClFO4S/c1-37-22-11-6-19(7-12-22)29-25-4-2-3-5-27(25)31(18-38(35,36)23-13-8-20(32)9-14-23)17-28(34)26-16-21(33)10-15-24(26)30(29)31/h2-16H,17-18H2,1H3/t31-/m0/s1. The van der Waals surface area contributed by atoms with Crippen LogP contribution in [-0.2, 0) is 15.3 Å². The fraction of sp³-hybridized carbons (Fsp3) is 0.129. The van der Waals surface area contributed by atoms with Gasteiger partial charge in [0.1, 0.15) is 11.6 Å². The maximum absolute atomic E-state index is 14.3. The van der Waals surface area contributed by atoms with Crippen LogP contribution in [-0.4, -0.2) is 27.1 Å². The van der Waals surface area contributed by atoms with Crippen molar-refractivity contribution < 1.29 is 22.3 Å². The highest BCUT2D eigenvalue weighted by atomic mass is 35.5. The smallest absolute Gasteiger partial charge is 0.179 e. The number of fused-ring (bicyclic) bond motifs is 5. The predicted molar refractivity (Wildman–Crippen MR) is 146 cm³/mol. The second kappa shape index (κ2) is 8.93. The van der Waals surface area contributed by atoms with Crippen LogP contribution < -0.4 is 4.74 Å². The molecule has 0 amide bonds. The van der Waals surface area contributed by atoms with Crippen LogP contribution in [0.4, 0.5) is 4.39 Å². The molecule has 4 nitrogen and oxygen atoms in total. The number of ketones is 1. The van der Waals surface area contributed by atoms with E-state index in [4.69, 9.17) is 16.3 Å². The summed E-state index contributed by atoms with van der Waals surface area (Å²) in [6, 6.07) is 25.3. The van der Waals surface area contributed by atoms with E-state index < -0.39 is 21.1 Å². The Hall–Kier alpha value is -3.74. The highest BCUT2D eigenvalue weighted by Gasteiger charge is 2.53. The predicted octanol–water partition coefficient (Wildman–Crippen LogP) is 6.76. The summed E-state index contributed by atoms with van der Waals surface area (Å²) in [5.74, 6) is -0.444. The minimum Gasteiger partial charge on any atom is -0.497 e. The number of carbonyl (C=O) groups excluding carboxylic acids is 1. The van der Waals surface area contributed by atoms with Crippen molar-refractivity contribution in [3.63, 3.8) is 0 Å². The van der Waals surface area contributed by atoms with Crippen LogP contribution >= 0.6 is 11.6 Å². The average Bonchev–Trinajstić information content (AvgIpc) is 3.18. The van der Waals surface area contributed by atoms with Gasteiger partial charge in [0.05, 0.1) is 17.8 Å². The molecule has 6 rings (SSSR count). The van der Waals surface area contributed by atoms with Gasteiger partial charge in [-0.1, -0.05) is 54.1 Å². The topological polar surface area (TPSA) is 60.4 Å². The number of carbonyl (C=O) groups is 1. The molecular formula is C31H22ClFO4S. The minimum absolute atomic E-state index is 0.0950. The third-order valence-corrected chi connectivity index (χ3v) is 9.56. The Bertz CT molecular complexity index is 1740. The van der Waals surface area contributed by atoms with Crippen LogP contribution in [0.2, 0.25) is 5.02 Å². The lowest BCUT2D eigenvalue weighted by molar-refractivity contribution is 0.0960. The molecule has 38 heavy (non-hydrogen) atoms. The quantitative estimate of drug-likeness (QED) is 0.278. The van der Waals surface area contributed by atoms with Gasteiger partial charge in [0.2, 0.25) is 0 Å². The second-order valence-electron chi connectivity index (χ2n) is 9.61. The lowest BCUT2D eigenvalue weighted by Crippen LogP contribution is -2.40. The highest BCUT2D eigenvalue weighted by molar-refractivity contribution is 7.91. The summed E-state index contributed by atoms with van der Waals surface area (Å²) >= 11 is 6.02. The Kier molecular flexibility index (Phi) is 5.78. The van der Waals surface area contributed by atoms with Gasteiger partial charge in [-0.2, -0.15) is 0 Å². The van der Waals surface area contributed by atoms with E-state index in [9.17, 15) is 17.6 Å². The number of sulfone groups is 1. The molecule has 0 bridgehead atoms. The Morgan fingerprint density at radius 1 is 0.895 bits per heavy atom. The van der Waals surface area contributed by atoms with Crippen LogP contribution in [0.5, 0.6) is 5.75 Å². The number of halogens is 2. The largest absolute Gasteiger partial charge is 0.497 e. The molecule has 0 spiro atoms. The normalized spacial score (nSPS) is 18.1. The molecule has 2 aliphatic carbocycles. The third kappa shape index (κ3) is 3.79. The zero-order valence-corrected chi connectivity index (χ0v) is 21.9. The van der Waals surface area contributed by atoms with Gasteiger partial charge < -0.3 is 4.74 Å². The SMILES string of the molecule is COc1ccc(C2=C3c4ccc(F)cc4C(=O)C[C@]3(CS(=O)(=O)c3ccc(Cl)cc3)c3ccccc32)cc1. The number of hydrogen-bond acceptors (Lipinski definition) is 4. The number of methoxy groups -OCH3 is 1. The molecule has 1 atom stereocenters. The molecule has 0 unspecified atom stereocenters. The van der Waals surface area contributed by atoms with E-state index in [1.165, 1.54) is 24.3 Å². The second-order valence-corrected chi connectivity index (χ2v) is 12.0. The fourth-order valence-corrected chi connectivity index (χ4v) is 7.74. The molecule has 0 saturated carbocycles. The Balaban J connectivity index is 1.67. The zero-order chi connectivity index (χ0) is 26.7. The number of benzene rings is 4. The van der Waals surface area contributed by atoms with Crippen molar-refractivity contribution >= 4 is 38.4 Å². The van der Waals surface area contributed by atoms with Crippen molar-refractivity contribution in [1.82, 2.24) is 0 Å². The zero-order valence-electron chi connectivity index (χ0n) is 20.4. The number of rotatable bonds is 5. The number of ether oxygens (including phenoxy) is 1. The molecule has 7 heteroatoms. The van der Waals surface area contributed by atoms with Crippen molar-refractivity contribution in [1.29, 1.82) is 0 Å². The Morgan fingerprint density at radius 3 is 2.32 bits per heavy atom. The summed E-state index contributed by atoms with van der Waals surface area (Å²) in [5.41, 5.74) is 3.67. The van der Waals surface area contributed by atoms with Gasteiger partial charge in [-0.05, 0) is 81.9 Å². The molecule has 0 saturated heterocycles. The van der Waals surface area contributed by atoms with E-state index in [-0.39, 0.29) is 28.4 Å². The van der Waals surface area contributed by atoms with E-state index in [0.29, 0.717) is 16.3 Å². The van der Waals surface area contributed by atoms with Gasteiger partial charge >= 0.3 is 0 Å². The molecule has 0 aliphatic heterocycles. The number of Topliss-reactive ketones (excluding diaryl/α,β-unsaturated/α-hetero) is 1. The number of hydrogen-bond donors (Lipinski definition) is 0. The lowest BCUT2D eigenvalue weighted by atomic mass is 9.67. The van der Waals surface area contributed by atoms with E-state index in [2.05, 4.69) is 0 Å². The summed E-state index contributed by atoms with van der Waals surface area (Å²) in [6.45, 7) is 0. The summed E-state index contributed by atoms with van der Waals surface area (Å²) in [6.07, 6.45) is -0.0950. The molecule has 0 N–H and O–H groups in total. The first kappa shape index (κ1) is 24.6. The van der Waals surface area contributed by atoms with Gasteiger partial charge in [-0.15, -0.1) is 0 Å². The maximum Gasteiger partial charge on any atom is 0.179 e. The van der Waals surface area contributed by atoms with E-state index in [1.54, 1.807) is 25.3 Å². The van der Waals surface area contributed by atoms with Crippen molar-refractivity contribution in [2.75, 3.05) is 12.9 Å². The lowest BCUT2D eigenvalue weighted by Gasteiger charge is -2.38. The van der Waals surface area contributed by atoms with Gasteiger partial charge in [0.15, 0.2) is 15.6 Å². The highest BCUT2D eigenvalue weighted by Crippen LogP contribution is 2.59. The van der Waals surface area contributed by atoms with Gasteiger partial charge in [-0.25, -0.2) is 12.8 Å². The third-order valence-electron chi connectivity index (χ3n) is 7.44. The van der Waals surface area contributed by atoms with E-state index >= 15 is 0 Å². The van der Waals surface area contributed by atoms with Gasteiger partial charge in [0, 0.05) is 22.4 Å². The fourth-order valence-electron chi connectivity index (χ4n) is 5.85. The molecule has 4 aromatic rings. The number of allylic oxidation sites excluding steroid dienone is 1.